The van der Waals surface area contributed by atoms with Crippen LogP contribution in [0.25, 0.3) is 0 Å². The monoisotopic (exact) mass is 359 g/mol. The molecule has 0 fully saturated rings. The minimum Gasteiger partial charge on any atom is -0.484 e. The smallest absolute Gasteiger partial charge is 0.260 e. The molecule has 3 rings (SSSR count). The molecule has 0 saturated heterocycles. The summed E-state index contributed by atoms with van der Waals surface area (Å²) in [4.78, 5) is 26.2. The van der Waals surface area contributed by atoms with Crippen molar-refractivity contribution < 1.29 is 14.3 Å². The van der Waals surface area contributed by atoms with Crippen molar-refractivity contribution >= 4 is 11.7 Å². The molecule has 4 heteroatoms. The predicted molar refractivity (Wildman–Crippen MR) is 105 cm³/mol. The minimum atomic E-state index is -0.108. The minimum absolute atomic E-state index is 0.0409. The molecule has 0 aliphatic carbocycles. The number of ketones is 1. The fourth-order valence-electron chi connectivity index (χ4n) is 2.66. The maximum Gasteiger partial charge on any atom is 0.260 e. The lowest BCUT2D eigenvalue weighted by Gasteiger charge is -2.17. The topological polar surface area (TPSA) is 46.6 Å². The summed E-state index contributed by atoms with van der Waals surface area (Å²) in [6.45, 7) is 0.489. The second kappa shape index (κ2) is 8.81. The summed E-state index contributed by atoms with van der Waals surface area (Å²) >= 11 is 0. The molecule has 0 unspecified atom stereocenters. The number of rotatable bonds is 7. The van der Waals surface area contributed by atoms with E-state index < -0.39 is 0 Å². The van der Waals surface area contributed by atoms with Crippen molar-refractivity contribution in [1.82, 2.24) is 4.90 Å². The lowest BCUT2D eigenvalue weighted by atomic mass is 10.0. The van der Waals surface area contributed by atoms with Crippen molar-refractivity contribution in [2.24, 2.45) is 0 Å². The third-order valence-electron chi connectivity index (χ3n) is 4.20. The summed E-state index contributed by atoms with van der Waals surface area (Å²) in [7, 11) is 1.75. The number of amides is 1. The van der Waals surface area contributed by atoms with Crippen molar-refractivity contribution in [2.45, 2.75) is 6.54 Å². The zero-order valence-corrected chi connectivity index (χ0v) is 15.2. The summed E-state index contributed by atoms with van der Waals surface area (Å²) in [5.41, 5.74) is 2.29. The fourth-order valence-corrected chi connectivity index (χ4v) is 2.66. The van der Waals surface area contributed by atoms with Gasteiger partial charge in [0, 0.05) is 24.7 Å². The zero-order chi connectivity index (χ0) is 19.1. The molecule has 27 heavy (non-hydrogen) atoms. The second-order valence-electron chi connectivity index (χ2n) is 6.24. The second-order valence-corrected chi connectivity index (χ2v) is 6.24. The standard InChI is InChI=1S/C23H21NO3/c1-24(16-18-8-4-2-5-9-18)22(25)17-27-21-14-12-20(13-15-21)23(26)19-10-6-3-7-11-19/h2-15H,16-17H2,1H3. The molecule has 0 aliphatic rings. The van der Waals surface area contributed by atoms with E-state index in [1.54, 1.807) is 48.3 Å². The maximum atomic E-state index is 12.4. The molecular weight excluding hydrogens is 338 g/mol. The van der Waals surface area contributed by atoms with E-state index in [0.29, 0.717) is 23.4 Å². The summed E-state index contributed by atoms with van der Waals surface area (Å²) < 4.78 is 5.56. The Hall–Kier alpha value is -3.40. The normalized spacial score (nSPS) is 10.3. The SMILES string of the molecule is CN(Cc1ccccc1)C(=O)COc1ccc(C(=O)c2ccccc2)cc1. The van der Waals surface area contributed by atoms with Crippen LogP contribution in [0, 0.1) is 0 Å². The van der Waals surface area contributed by atoms with E-state index in [4.69, 9.17) is 4.74 Å². The number of likely N-dealkylation sites (N-methyl/N-ethyl adjacent to an activating group) is 1. The van der Waals surface area contributed by atoms with Crippen LogP contribution in [-0.2, 0) is 11.3 Å². The molecule has 3 aromatic carbocycles. The molecule has 136 valence electrons. The first-order valence-corrected chi connectivity index (χ1v) is 8.74. The van der Waals surface area contributed by atoms with Crippen LogP contribution in [0.15, 0.2) is 84.9 Å². The van der Waals surface area contributed by atoms with Crippen molar-refractivity contribution in [3.05, 3.63) is 102 Å². The quantitative estimate of drug-likeness (QED) is 0.600. The highest BCUT2D eigenvalue weighted by Gasteiger charge is 2.11. The highest BCUT2D eigenvalue weighted by atomic mass is 16.5. The number of benzene rings is 3. The number of hydrogen-bond donors (Lipinski definition) is 0. The van der Waals surface area contributed by atoms with Gasteiger partial charge in [0.2, 0.25) is 0 Å². The van der Waals surface area contributed by atoms with Crippen molar-refractivity contribution in [3.8, 4) is 5.75 Å². The molecule has 0 aliphatic heterocycles. The number of ether oxygens (including phenoxy) is 1. The molecule has 0 atom stereocenters. The van der Waals surface area contributed by atoms with Gasteiger partial charge in [-0.25, -0.2) is 0 Å². The predicted octanol–water partition coefficient (Wildman–Crippen LogP) is 3.96. The van der Waals surface area contributed by atoms with Crippen LogP contribution in [0.4, 0.5) is 0 Å². The highest BCUT2D eigenvalue weighted by molar-refractivity contribution is 6.08. The van der Waals surface area contributed by atoms with E-state index in [0.717, 1.165) is 5.56 Å². The Morgan fingerprint density at radius 2 is 1.33 bits per heavy atom. The molecule has 0 N–H and O–H groups in total. The van der Waals surface area contributed by atoms with Gasteiger partial charge in [-0.15, -0.1) is 0 Å². The number of carbonyl (C=O) groups excluding carboxylic acids is 2. The molecule has 0 aromatic heterocycles. The first-order chi connectivity index (χ1) is 13.1. The third kappa shape index (κ3) is 5.05. The van der Waals surface area contributed by atoms with Gasteiger partial charge >= 0.3 is 0 Å². The van der Waals surface area contributed by atoms with Crippen molar-refractivity contribution in [1.29, 1.82) is 0 Å². The van der Waals surface area contributed by atoms with Crippen molar-refractivity contribution in [3.63, 3.8) is 0 Å². The van der Waals surface area contributed by atoms with Gasteiger partial charge in [0.05, 0.1) is 0 Å². The van der Waals surface area contributed by atoms with Crippen molar-refractivity contribution in [2.75, 3.05) is 13.7 Å². The van der Waals surface area contributed by atoms with Gasteiger partial charge in [-0.1, -0.05) is 60.7 Å². The Bertz CT molecular complexity index is 890. The van der Waals surface area contributed by atoms with E-state index >= 15 is 0 Å². The van der Waals surface area contributed by atoms with Gasteiger partial charge in [0.1, 0.15) is 5.75 Å². The van der Waals surface area contributed by atoms with Gasteiger partial charge in [-0.05, 0) is 29.8 Å². The molecule has 3 aromatic rings. The van der Waals surface area contributed by atoms with E-state index in [1.165, 1.54) is 0 Å². The van der Waals surface area contributed by atoms with Crippen LogP contribution >= 0.6 is 0 Å². The molecule has 0 saturated carbocycles. The molecule has 4 nitrogen and oxygen atoms in total. The van der Waals surface area contributed by atoms with Crippen LogP contribution in [0.3, 0.4) is 0 Å². The Kier molecular flexibility index (Phi) is 6.00. The van der Waals surface area contributed by atoms with E-state index in [-0.39, 0.29) is 18.3 Å². The Balaban J connectivity index is 1.54. The van der Waals surface area contributed by atoms with Gasteiger partial charge in [0.15, 0.2) is 12.4 Å². The zero-order valence-electron chi connectivity index (χ0n) is 15.2. The maximum absolute atomic E-state index is 12.4. The molecule has 0 spiro atoms. The lowest BCUT2D eigenvalue weighted by molar-refractivity contribution is -0.132. The van der Waals surface area contributed by atoms with Crippen LogP contribution in [0.1, 0.15) is 21.5 Å². The third-order valence-corrected chi connectivity index (χ3v) is 4.20. The summed E-state index contributed by atoms with van der Waals surface area (Å²) in [5, 5.41) is 0. The average Bonchev–Trinajstić information content (AvgIpc) is 2.73. The largest absolute Gasteiger partial charge is 0.484 e. The van der Waals surface area contributed by atoms with Gasteiger partial charge < -0.3 is 9.64 Å². The van der Waals surface area contributed by atoms with E-state index in [9.17, 15) is 9.59 Å². The molecular formula is C23H21NO3. The van der Waals surface area contributed by atoms with Gasteiger partial charge in [-0.3, -0.25) is 9.59 Å². The highest BCUT2D eigenvalue weighted by Crippen LogP contribution is 2.15. The fraction of sp³-hybridized carbons (Fsp3) is 0.130. The van der Waals surface area contributed by atoms with Crippen LogP contribution in [0.2, 0.25) is 0 Å². The number of hydrogen-bond acceptors (Lipinski definition) is 3. The van der Waals surface area contributed by atoms with Crippen LogP contribution in [0.5, 0.6) is 5.75 Å². The molecule has 1 amide bonds. The Morgan fingerprint density at radius 3 is 1.96 bits per heavy atom. The molecule has 0 bridgehead atoms. The van der Waals surface area contributed by atoms with E-state index in [2.05, 4.69) is 0 Å². The Labute approximate surface area is 159 Å². The van der Waals surface area contributed by atoms with Crippen LogP contribution in [-0.4, -0.2) is 30.2 Å². The summed E-state index contributed by atoms with van der Waals surface area (Å²) in [6, 6.07) is 25.8. The average molecular weight is 359 g/mol. The molecule has 0 radical (unpaired) electrons. The summed E-state index contributed by atoms with van der Waals surface area (Å²) in [5.74, 6) is 0.408. The van der Waals surface area contributed by atoms with Gasteiger partial charge in [-0.2, -0.15) is 0 Å². The summed E-state index contributed by atoms with van der Waals surface area (Å²) in [6.07, 6.45) is 0. The number of carbonyl (C=O) groups is 2. The number of nitrogens with zero attached hydrogens (tertiary/aromatic N) is 1. The van der Waals surface area contributed by atoms with Gasteiger partial charge in [0.25, 0.3) is 5.91 Å². The van der Waals surface area contributed by atoms with E-state index in [1.807, 2.05) is 48.5 Å². The Morgan fingerprint density at radius 1 is 0.778 bits per heavy atom. The lowest BCUT2D eigenvalue weighted by Crippen LogP contribution is -2.30. The first kappa shape index (κ1) is 18.4. The van der Waals surface area contributed by atoms with Crippen LogP contribution < -0.4 is 4.74 Å². The first-order valence-electron chi connectivity index (χ1n) is 8.74. The molecule has 0 heterocycles.